The lowest BCUT2D eigenvalue weighted by molar-refractivity contribution is -0.148. The number of carbonyl (C=O) groups is 1. The molecule has 0 spiro atoms. The van der Waals surface area contributed by atoms with Gasteiger partial charge in [0.2, 0.25) is 0 Å². The fourth-order valence-electron chi connectivity index (χ4n) is 4.01. The van der Waals surface area contributed by atoms with Gasteiger partial charge in [-0.25, -0.2) is 0 Å². The van der Waals surface area contributed by atoms with Gasteiger partial charge in [-0.15, -0.1) is 0 Å². The van der Waals surface area contributed by atoms with Crippen LogP contribution in [0.1, 0.15) is 25.0 Å². The molecule has 0 saturated heterocycles. The first-order valence-electron chi connectivity index (χ1n) is 10.5. The first-order chi connectivity index (χ1) is 15.4. The molecule has 3 aromatic carbocycles. The lowest BCUT2D eigenvalue weighted by Gasteiger charge is -2.19. The van der Waals surface area contributed by atoms with Gasteiger partial charge in [0.15, 0.2) is 0 Å². The molecule has 0 radical (unpaired) electrons. The Labute approximate surface area is 198 Å². The highest BCUT2D eigenvalue weighted by Gasteiger charge is 2.79. The van der Waals surface area contributed by atoms with Gasteiger partial charge < -0.3 is 14.2 Å². The molecule has 1 fully saturated rings. The third-order valence-electron chi connectivity index (χ3n) is 5.83. The van der Waals surface area contributed by atoms with E-state index < -0.39 is 15.7 Å². The second kappa shape index (κ2) is 9.05. The third kappa shape index (κ3) is 4.05. The van der Waals surface area contributed by atoms with Crippen molar-refractivity contribution >= 4 is 29.2 Å². The van der Waals surface area contributed by atoms with Gasteiger partial charge in [-0.1, -0.05) is 72.6 Å². The summed E-state index contributed by atoms with van der Waals surface area (Å²) in [6, 6.07) is 24.2. The number of carbonyl (C=O) groups excluding carboxylic acids is 1. The Morgan fingerprint density at radius 3 is 2.19 bits per heavy atom. The number of esters is 1. The number of para-hydroxylation sites is 1. The Bertz CT molecular complexity index is 1080. The van der Waals surface area contributed by atoms with E-state index in [0.29, 0.717) is 17.9 Å². The molecule has 4 rings (SSSR count). The summed E-state index contributed by atoms with van der Waals surface area (Å²) in [6.07, 6.45) is 0. The molecule has 3 aromatic rings. The second-order valence-electron chi connectivity index (χ2n) is 7.75. The van der Waals surface area contributed by atoms with Crippen molar-refractivity contribution in [3.63, 3.8) is 0 Å². The van der Waals surface area contributed by atoms with E-state index >= 15 is 0 Å². The predicted octanol–water partition coefficient (Wildman–Crippen LogP) is 6.68. The highest BCUT2D eigenvalue weighted by molar-refractivity contribution is 6.54. The number of ether oxygens (including phenoxy) is 3. The first-order valence-corrected chi connectivity index (χ1v) is 11.3. The fourth-order valence-corrected chi connectivity index (χ4v) is 4.93. The molecule has 0 aliphatic heterocycles. The molecule has 1 aliphatic rings. The molecule has 2 atom stereocenters. The van der Waals surface area contributed by atoms with Gasteiger partial charge in [-0.05, 0) is 54.4 Å². The van der Waals surface area contributed by atoms with Crippen molar-refractivity contribution in [2.75, 3.05) is 6.61 Å². The summed E-state index contributed by atoms with van der Waals surface area (Å²) in [5.41, 5.74) is 0.389. The van der Waals surface area contributed by atoms with Crippen LogP contribution in [0.4, 0.5) is 0 Å². The van der Waals surface area contributed by atoms with Crippen LogP contribution in [0.3, 0.4) is 0 Å². The smallest absolute Gasteiger partial charge is 0.320 e. The molecule has 4 nitrogen and oxygen atoms in total. The first kappa shape index (κ1) is 22.5. The van der Waals surface area contributed by atoms with Gasteiger partial charge >= 0.3 is 5.97 Å². The Kier molecular flexibility index (Phi) is 6.36. The van der Waals surface area contributed by atoms with E-state index in [1.165, 1.54) is 0 Å². The van der Waals surface area contributed by atoms with E-state index in [2.05, 4.69) is 0 Å². The van der Waals surface area contributed by atoms with Crippen molar-refractivity contribution in [1.82, 2.24) is 0 Å². The summed E-state index contributed by atoms with van der Waals surface area (Å²) in [4.78, 5) is 13.3. The molecule has 6 heteroatoms. The lowest BCUT2D eigenvalue weighted by atomic mass is 9.93. The summed E-state index contributed by atoms with van der Waals surface area (Å²) in [5, 5.41) is 0. The molecule has 0 N–H and O–H groups in total. The summed E-state index contributed by atoms with van der Waals surface area (Å²) in [5.74, 6) is 1.37. The third-order valence-corrected chi connectivity index (χ3v) is 7.08. The molecule has 0 amide bonds. The molecule has 32 heavy (non-hydrogen) atoms. The van der Waals surface area contributed by atoms with E-state index in [0.717, 1.165) is 17.1 Å². The van der Waals surface area contributed by atoms with Crippen LogP contribution in [-0.4, -0.2) is 16.9 Å². The monoisotopic (exact) mass is 470 g/mol. The zero-order valence-electron chi connectivity index (χ0n) is 17.9. The Morgan fingerprint density at radius 1 is 0.906 bits per heavy atom. The fraction of sp³-hybridized carbons (Fsp3) is 0.269. The van der Waals surface area contributed by atoms with Crippen molar-refractivity contribution in [2.45, 2.75) is 30.2 Å². The van der Waals surface area contributed by atoms with Crippen LogP contribution in [0.25, 0.3) is 0 Å². The SMILES string of the molecule is CCOc1ccc([C@]2(C(=O)OCc3cccc(Oc4ccccc4)c3)[C@H](C)C2(Cl)Cl)cc1. The highest BCUT2D eigenvalue weighted by atomic mass is 35.5. The Hall–Kier alpha value is -2.69. The van der Waals surface area contributed by atoms with Crippen LogP contribution < -0.4 is 9.47 Å². The van der Waals surface area contributed by atoms with Crippen molar-refractivity contribution in [3.8, 4) is 17.2 Å². The molecule has 166 valence electrons. The summed E-state index contributed by atoms with van der Waals surface area (Å²) >= 11 is 13.1. The summed E-state index contributed by atoms with van der Waals surface area (Å²) in [7, 11) is 0. The molecule has 0 aromatic heterocycles. The van der Waals surface area contributed by atoms with Crippen molar-refractivity contribution in [1.29, 1.82) is 0 Å². The number of rotatable bonds is 8. The second-order valence-corrected chi connectivity index (χ2v) is 9.13. The van der Waals surface area contributed by atoms with Crippen LogP contribution in [0, 0.1) is 5.92 Å². The highest BCUT2D eigenvalue weighted by Crippen LogP contribution is 2.70. The van der Waals surface area contributed by atoms with Gasteiger partial charge in [0.1, 0.15) is 33.6 Å². The van der Waals surface area contributed by atoms with E-state index in [1.54, 1.807) is 0 Å². The number of hydrogen-bond donors (Lipinski definition) is 0. The number of alkyl halides is 2. The predicted molar refractivity (Wildman–Crippen MR) is 126 cm³/mol. The quantitative estimate of drug-likeness (QED) is 0.272. The summed E-state index contributed by atoms with van der Waals surface area (Å²) < 4.78 is 15.8. The summed E-state index contributed by atoms with van der Waals surface area (Å²) in [6.45, 7) is 4.41. The van der Waals surface area contributed by atoms with Gasteiger partial charge in [0.05, 0.1) is 6.61 Å². The normalized spacial score (nSPS) is 20.9. The van der Waals surface area contributed by atoms with Gasteiger partial charge in [-0.3, -0.25) is 4.79 Å². The molecular weight excluding hydrogens is 447 g/mol. The average Bonchev–Trinajstić information content (AvgIpc) is 3.26. The number of benzene rings is 3. The Morgan fingerprint density at radius 2 is 1.56 bits per heavy atom. The minimum atomic E-state index is -1.24. The molecular formula is C26H24Cl2O4. The molecule has 0 unspecified atom stereocenters. The molecule has 1 saturated carbocycles. The van der Waals surface area contributed by atoms with E-state index in [4.69, 9.17) is 37.4 Å². The van der Waals surface area contributed by atoms with Crippen molar-refractivity contribution in [2.24, 2.45) is 5.92 Å². The molecule has 0 heterocycles. The zero-order chi connectivity index (χ0) is 22.8. The van der Waals surface area contributed by atoms with Gasteiger partial charge in [-0.2, -0.15) is 0 Å². The topological polar surface area (TPSA) is 44.8 Å². The minimum absolute atomic E-state index is 0.0835. The maximum absolute atomic E-state index is 13.3. The minimum Gasteiger partial charge on any atom is -0.494 e. The van der Waals surface area contributed by atoms with Crippen LogP contribution in [0.2, 0.25) is 0 Å². The van der Waals surface area contributed by atoms with Gasteiger partial charge in [0, 0.05) is 5.92 Å². The van der Waals surface area contributed by atoms with Crippen molar-refractivity contribution < 1.29 is 19.0 Å². The van der Waals surface area contributed by atoms with Crippen LogP contribution in [0.5, 0.6) is 17.2 Å². The zero-order valence-corrected chi connectivity index (χ0v) is 19.4. The van der Waals surface area contributed by atoms with Crippen LogP contribution >= 0.6 is 23.2 Å². The van der Waals surface area contributed by atoms with E-state index in [-0.39, 0.29) is 12.5 Å². The maximum atomic E-state index is 13.3. The van der Waals surface area contributed by atoms with Gasteiger partial charge in [0.25, 0.3) is 0 Å². The van der Waals surface area contributed by atoms with E-state index in [9.17, 15) is 4.79 Å². The molecule has 0 bridgehead atoms. The standard InChI is InChI=1S/C26H24Cl2O4/c1-3-30-21-14-12-20(13-15-21)25(18(2)26(25,27)28)24(29)31-17-19-8-7-11-23(16-19)32-22-9-5-4-6-10-22/h4-16,18H,3,17H2,1-2H3/t18-,25-/m0/s1. The van der Waals surface area contributed by atoms with E-state index in [1.807, 2.05) is 92.7 Å². The largest absolute Gasteiger partial charge is 0.494 e. The number of hydrogen-bond acceptors (Lipinski definition) is 4. The van der Waals surface area contributed by atoms with Crippen LogP contribution in [-0.2, 0) is 21.6 Å². The van der Waals surface area contributed by atoms with Crippen LogP contribution in [0.15, 0.2) is 78.9 Å². The Balaban J connectivity index is 1.49. The average molecular weight is 471 g/mol. The lowest BCUT2D eigenvalue weighted by Crippen LogP contribution is -2.29. The maximum Gasteiger partial charge on any atom is 0.320 e. The molecule has 1 aliphatic carbocycles. The number of halogens is 2. The van der Waals surface area contributed by atoms with Crippen molar-refractivity contribution in [3.05, 3.63) is 90.0 Å².